The minimum Gasteiger partial charge on any atom is -0.313 e. The molecule has 0 spiro atoms. The van der Waals surface area contributed by atoms with E-state index in [0.29, 0.717) is 11.5 Å². The molecule has 2 heteroatoms. The van der Waals surface area contributed by atoms with Crippen molar-refractivity contribution < 1.29 is 0 Å². The molecule has 2 atom stereocenters. The van der Waals surface area contributed by atoms with Crippen LogP contribution < -0.4 is 5.32 Å². The average molecular weight is 266 g/mol. The topological polar surface area (TPSA) is 15.3 Å². The van der Waals surface area contributed by atoms with Crippen LogP contribution in [-0.4, -0.2) is 36.6 Å². The molecule has 2 rings (SSSR count). The van der Waals surface area contributed by atoms with Gasteiger partial charge in [-0.15, -0.1) is 0 Å². The second kappa shape index (κ2) is 6.58. The first kappa shape index (κ1) is 15.3. The Bertz CT molecular complexity index is 270. The summed E-state index contributed by atoms with van der Waals surface area (Å²) in [5.41, 5.74) is 0.473. The molecule has 2 nitrogen and oxygen atoms in total. The summed E-state index contributed by atoms with van der Waals surface area (Å²) in [6.45, 7) is 13.3. The van der Waals surface area contributed by atoms with Crippen molar-refractivity contribution in [2.45, 2.75) is 78.3 Å². The zero-order chi connectivity index (χ0) is 13.9. The minimum absolute atomic E-state index is 0.473. The van der Waals surface area contributed by atoms with E-state index in [1.165, 1.54) is 58.2 Å². The molecule has 112 valence electrons. The Kier molecular flexibility index (Phi) is 5.30. The lowest BCUT2D eigenvalue weighted by Crippen LogP contribution is -2.53. The first-order chi connectivity index (χ1) is 9.08. The van der Waals surface area contributed by atoms with Crippen molar-refractivity contribution in [3.05, 3.63) is 0 Å². The Labute approximate surface area is 120 Å². The van der Waals surface area contributed by atoms with Crippen molar-refractivity contribution in [1.82, 2.24) is 10.2 Å². The maximum absolute atomic E-state index is 3.87. The predicted molar refractivity (Wildman–Crippen MR) is 83.5 cm³/mol. The molecular formula is C17H34N2. The molecule has 0 radical (unpaired) electrons. The molecule has 2 unspecified atom stereocenters. The van der Waals surface area contributed by atoms with Gasteiger partial charge in [-0.25, -0.2) is 0 Å². The molecule has 0 saturated heterocycles. The van der Waals surface area contributed by atoms with Gasteiger partial charge >= 0.3 is 0 Å². The van der Waals surface area contributed by atoms with Gasteiger partial charge in [0, 0.05) is 18.6 Å². The summed E-state index contributed by atoms with van der Waals surface area (Å²) in [6, 6.07) is 1.64. The third-order valence-corrected chi connectivity index (χ3v) is 5.26. The molecule has 2 saturated carbocycles. The zero-order valence-electron chi connectivity index (χ0n) is 13.5. The number of hydrogen-bond donors (Lipinski definition) is 1. The highest BCUT2D eigenvalue weighted by Gasteiger charge is 2.40. The number of nitrogens with zero attached hydrogens (tertiary/aromatic N) is 1. The van der Waals surface area contributed by atoms with Crippen molar-refractivity contribution in [3.63, 3.8) is 0 Å². The molecule has 0 aromatic heterocycles. The SMILES string of the molecule is CCCNC1C(CN(CC)C2CC2)CCCC1(C)C. The van der Waals surface area contributed by atoms with Crippen LogP contribution >= 0.6 is 0 Å². The van der Waals surface area contributed by atoms with Gasteiger partial charge in [0.1, 0.15) is 0 Å². The van der Waals surface area contributed by atoms with Crippen molar-refractivity contribution in [1.29, 1.82) is 0 Å². The van der Waals surface area contributed by atoms with Gasteiger partial charge in [0.25, 0.3) is 0 Å². The molecule has 2 aliphatic rings. The van der Waals surface area contributed by atoms with Gasteiger partial charge in [-0.2, -0.15) is 0 Å². The van der Waals surface area contributed by atoms with E-state index in [9.17, 15) is 0 Å². The predicted octanol–water partition coefficient (Wildman–Crippen LogP) is 3.67. The molecule has 0 aliphatic heterocycles. The number of nitrogens with one attached hydrogen (secondary N) is 1. The normalized spacial score (nSPS) is 30.8. The van der Waals surface area contributed by atoms with Crippen LogP contribution in [0.5, 0.6) is 0 Å². The monoisotopic (exact) mass is 266 g/mol. The standard InChI is InChI=1S/C17H34N2/c1-5-12-18-16-14(8-7-11-17(16,3)4)13-19(6-2)15-9-10-15/h14-16,18H,5-13H2,1-4H3. The van der Waals surface area contributed by atoms with E-state index in [0.717, 1.165) is 12.0 Å². The first-order valence-electron chi connectivity index (χ1n) is 8.56. The minimum atomic E-state index is 0.473. The molecule has 19 heavy (non-hydrogen) atoms. The molecular weight excluding hydrogens is 232 g/mol. The van der Waals surface area contributed by atoms with Gasteiger partial charge in [0.2, 0.25) is 0 Å². The first-order valence-corrected chi connectivity index (χ1v) is 8.56. The van der Waals surface area contributed by atoms with Gasteiger partial charge in [-0.1, -0.05) is 34.1 Å². The maximum atomic E-state index is 3.87. The quantitative estimate of drug-likeness (QED) is 0.756. The van der Waals surface area contributed by atoms with Crippen LogP contribution in [0.4, 0.5) is 0 Å². The van der Waals surface area contributed by atoms with E-state index >= 15 is 0 Å². The summed E-state index contributed by atoms with van der Waals surface area (Å²) in [7, 11) is 0. The Morgan fingerprint density at radius 1 is 1.16 bits per heavy atom. The molecule has 0 aromatic carbocycles. The van der Waals surface area contributed by atoms with Gasteiger partial charge in [0.15, 0.2) is 0 Å². The van der Waals surface area contributed by atoms with Crippen LogP contribution in [0, 0.1) is 11.3 Å². The van der Waals surface area contributed by atoms with E-state index in [4.69, 9.17) is 0 Å². The van der Waals surface area contributed by atoms with E-state index in [2.05, 4.69) is 37.9 Å². The number of rotatable bonds is 7. The van der Waals surface area contributed by atoms with Gasteiger partial charge < -0.3 is 10.2 Å². The molecule has 2 aliphatic carbocycles. The fourth-order valence-electron chi connectivity index (χ4n) is 4.00. The zero-order valence-corrected chi connectivity index (χ0v) is 13.5. The van der Waals surface area contributed by atoms with E-state index in [1.54, 1.807) is 0 Å². The van der Waals surface area contributed by atoms with E-state index in [-0.39, 0.29) is 0 Å². The summed E-state index contributed by atoms with van der Waals surface area (Å²) in [5, 5.41) is 3.87. The highest BCUT2D eigenvalue weighted by molar-refractivity contribution is 4.96. The second-order valence-electron chi connectivity index (χ2n) is 7.39. The van der Waals surface area contributed by atoms with Gasteiger partial charge in [-0.05, 0) is 56.5 Å². The Hall–Kier alpha value is -0.0800. The summed E-state index contributed by atoms with van der Waals surface area (Å²) in [6.07, 6.45) is 8.37. The fourth-order valence-corrected chi connectivity index (χ4v) is 4.00. The molecule has 2 fully saturated rings. The second-order valence-corrected chi connectivity index (χ2v) is 7.39. The van der Waals surface area contributed by atoms with Crippen LogP contribution in [0.3, 0.4) is 0 Å². The molecule has 1 N–H and O–H groups in total. The molecule has 0 bridgehead atoms. The molecule has 0 aromatic rings. The maximum Gasteiger partial charge on any atom is 0.0159 e. The van der Waals surface area contributed by atoms with Gasteiger partial charge in [0.05, 0.1) is 0 Å². The molecule has 0 amide bonds. The number of hydrogen-bond acceptors (Lipinski definition) is 2. The van der Waals surface area contributed by atoms with Crippen molar-refractivity contribution >= 4 is 0 Å². The van der Waals surface area contributed by atoms with Crippen LogP contribution in [0.1, 0.15) is 66.2 Å². The summed E-state index contributed by atoms with van der Waals surface area (Å²) >= 11 is 0. The summed E-state index contributed by atoms with van der Waals surface area (Å²) in [5.74, 6) is 0.857. The van der Waals surface area contributed by atoms with Crippen LogP contribution in [0.15, 0.2) is 0 Å². The fraction of sp³-hybridized carbons (Fsp3) is 1.00. The van der Waals surface area contributed by atoms with Gasteiger partial charge in [-0.3, -0.25) is 0 Å². The third kappa shape index (κ3) is 3.95. The summed E-state index contributed by atoms with van der Waals surface area (Å²) < 4.78 is 0. The third-order valence-electron chi connectivity index (χ3n) is 5.26. The summed E-state index contributed by atoms with van der Waals surface area (Å²) in [4.78, 5) is 2.74. The Morgan fingerprint density at radius 3 is 2.47 bits per heavy atom. The van der Waals surface area contributed by atoms with Crippen molar-refractivity contribution in [3.8, 4) is 0 Å². The lowest BCUT2D eigenvalue weighted by molar-refractivity contribution is 0.0779. The Balaban J connectivity index is 1.97. The highest BCUT2D eigenvalue weighted by atomic mass is 15.2. The van der Waals surface area contributed by atoms with Crippen LogP contribution in [0.25, 0.3) is 0 Å². The lowest BCUT2D eigenvalue weighted by atomic mass is 9.67. The van der Waals surface area contributed by atoms with Crippen molar-refractivity contribution in [2.24, 2.45) is 11.3 Å². The highest BCUT2D eigenvalue weighted by Crippen LogP contribution is 2.40. The average Bonchev–Trinajstić information content (AvgIpc) is 3.18. The largest absolute Gasteiger partial charge is 0.313 e. The van der Waals surface area contributed by atoms with E-state index in [1.807, 2.05) is 0 Å². The van der Waals surface area contributed by atoms with Crippen LogP contribution in [0.2, 0.25) is 0 Å². The lowest BCUT2D eigenvalue weighted by Gasteiger charge is -2.46. The Morgan fingerprint density at radius 2 is 1.89 bits per heavy atom. The smallest absolute Gasteiger partial charge is 0.0159 e. The van der Waals surface area contributed by atoms with E-state index < -0.39 is 0 Å². The van der Waals surface area contributed by atoms with Crippen molar-refractivity contribution in [2.75, 3.05) is 19.6 Å². The van der Waals surface area contributed by atoms with Crippen LogP contribution in [-0.2, 0) is 0 Å². The molecule has 0 heterocycles.